The summed E-state index contributed by atoms with van der Waals surface area (Å²) >= 11 is 0. The number of unbranched alkanes of at least 4 members (excludes halogenated alkanes) is 1. The summed E-state index contributed by atoms with van der Waals surface area (Å²) in [6.07, 6.45) is 1.39. The van der Waals surface area contributed by atoms with Crippen molar-refractivity contribution in [1.29, 1.82) is 0 Å². The Kier molecular flexibility index (Phi) is 5.81. The second-order valence-corrected chi connectivity index (χ2v) is 4.34. The Bertz CT molecular complexity index is 422. The van der Waals surface area contributed by atoms with Crippen LogP contribution in [0, 0.1) is 0 Å². The summed E-state index contributed by atoms with van der Waals surface area (Å²) in [5.41, 5.74) is 6.35. The topological polar surface area (TPSA) is 110 Å². The number of rotatable bonds is 7. The minimum atomic E-state index is -1.35. The molecule has 6 heteroatoms. The molecule has 19 heavy (non-hydrogen) atoms. The van der Waals surface area contributed by atoms with E-state index < -0.39 is 18.0 Å². The zero-order valence-corrected chi connectivity index (χ0v) is 10.7. The molecule has 1 aromatic carbocycles. The molecule has 1 aromatic rings. The highest BCUT2D eigenvalue weighted by Crippen LogP contribution is 2.10. The molecular weight excluding hydrogens is 246 g/mol. The average Bonchev–Trinajstić information content (AvgIpc) is 2.38. The van der Waals surface area contributed by atoms with E-state index in [-0.39, 0.29) is 0 Å². The molecule has 0 fully saturated rings. The largest absolute Gasteiger partial charge is 0.464 e. The van der Waals surface area contributed by atoms with Crippen LogP contribution in [0.5, 0.6) is 0 Å². The minimum absolute atomic E-state index is 0.338. The molecule has 1 rings (SSSR count). The number of hydrazine groups is 1. The maximum Gasteiger partial charge on any atom is 0.422 e. The third-order valence-electron chi connectivity index (χ3n) is 2.92. The molecule has 0 spiro atoms. The van der Waals surface area contributed by atoms with Crippen molar-refractivity contribution < 1.29 is 14.7 Å². The second kappa shape index (κ2) is 7.38. The third kappa shape index (κ3) is 4.97. The first kappa shape index (κ1) is 15.0. The first-order chi connectivity index (χ1) is 9.02. The Morgan fingerprint density at radius 1 is 1.21 bits per heavy atom. The normalized spacial score (nSPS) is 11.8. The summed E-state index contributed by atoms with van der Waals surface area (Å²) in [5.74, 6) is 4.57. The highest BCUT2D eigenvalue weighted by molar-refractivity contribution is 5.83. The van der Waals surface area contributed by atoms with Crippen LogP contribution in [-0.4, -0.2) is 28.2 Å². The Morgan fingerprint density at radius 2 is 1.84 bits per heavy atom. The van der Waals surface area contributed by atoms with E-state index in [0.717, 1.165) is 12.8 Å². The van der Waals surface area contributed by atoms with E-state index in [1.165, 1.54) is 5.56 Å². The van der Waals surface area contributed by atoms with Crippen LogP contribution in [0.3, 0.4) is 0 Å². The van der Waals surface area contributed by atoms with Gasteiger partial charge in [0.25, 0.3) is 0 Å². The molecule has 5 N–H and O–H groups in total. The van der Waals surface area contributed by atoms with E-state index in [0.29, 0.717) is 17.9 Å². The van der Waals surface area contributed by atoms with Crippen LogP contribution in [0.1, 0.15) is 24.8 Å². The van der Waals surface area contributed by atoms with Crippen molar-refractivity contribution in [2.75, 3.05) is 0 Å². The van der Waals surface area contributed by atoms with Crippen LogP contribution in [0.4, 0.5) is 4.79 Å². The quantitative estimate of drug-likeness (QED) is 0.297. The van der Waals surface area contributed by atoms with Gasteiger partial charge >= 0.3 is 6.09 Å². The van der Waals surface area contributed by atoms with Gasteiger partial charge in [0.2, 0.25) is 5.91 Å². The van der Waals surface area contributed by atoms with Gasteiger partial charge in [-0.3, -0.25) is 4.79 Å². The molecule has 1 atom stereocenters. The van der Waals surface area contributed by atoms with Crippen molar-refractivity contribution in [2.45, 2.75) is 31.7 Å². The summed E-state index contributed by atoms with van der Waals surface area (Å²) in [6.45, 7) is 0. The molecule has 6 nitrogen and oxygen atoms in total. The summed E-state index contributed by atoms with van der Waals surface area (Å²) in [4.78, 5) is 21.8. The van der Waals surface area contributed by atoms with Crippen molar-refractivity contribution in [3.8, 4) is 0 Å². The summed E-state index contributed by atoms with van der Waals surface area (Å²) in [6, 6.07) is 8.97. The summed E-state index contributed by atoms with van der Waals surface area (Å²) in [7, 11) is 0. The van der Waals surface area contributed by atoms with Crippen molar-refractivity contribution in [3.63, 3.8) is 0 Å². The molecule has 1 unspecified atom stereocenters. The lowest BCUT2D eigenvalue weighted by Gasteiger charge is -2.21. The van der Waals surface area contributed by atoms with Crippen LogP contribution in [0.15, 0.2) is 30.3 Å². The third-order valence-corrected chi connectivity index (χ3v) is 2.92. The van der Waals surface area contributed by atoms with Crippen molar-refractivity contribution in [2.24, 2.45) is 11.6 Å². The number of carbonyl (C=O) groups is 2. The lowest BCUT2D eigenvalue weighted by atomic mass is 10.0. The van der Waals surface area contributed by atoms with Crippen molar-refractivity contribution >= 4 is 12.0 Å². The monoisotopic (exact) mass is 265 g/mol. The van der Waals surface area contributed by atoms with Gasteiger partial charge in [0.15, 0.2) is 0 Å². The number of hydrogen-bond donors (Lipinski definition) is 3. The average molecular weight is 265 g/mol. The number of primary amides is 1. The predicted octanol–water partition coefficient (Wildman–Crippen LogP) is 1.11. The standard InChI is InChI=1S/C13H19N3O3/c14-12(17)11(16(15)13(18)19)9-5-4-8-10-6-2-1-3-7-10/h1-3,6-7,11H,4-5,8-9,15H2,(H2,14,17)(H,18,19). The number of hydrogen-bond acceptors (Lipinski definition) is 3. The molecule has 2 amide bonds. The Labute approximate surface area is 112 Å². The molecule has 0 aliphatic carbocycles. The smallest absolute Gasteiger partial charge is 0.422 e. The van der Waals surface area contributed by atoms with Crippen LogP contribution in [-0.2, 0) is 11.2 Å². The van der Waals surface area contributed by atoms with Gasteiger partial charge in [-0.2, -0.15) is 0 Å². The Morgan fingerprint density at radius 3 is 2.37 bits per heavy atom. The Hall–Kier alpha value is -2.08. The number of nitrogens with two attached hydrogens (primary N) is 2. The summed E-state index contributed by atoms with van der Waals surface area (Å²) in [5, 5.41) is 9.21. The molecule has 0 heterocycles. The zero-order valence-electron chi connectivity index (χ0n) is 10.7. The second-order valence-electron chi connectivity index (χ2n) is 4.34. The number of aryl methyl sites for hydroxylation is 1. The van der Waals surface area contributed by atoms with Gasteiger partial charge in [0, 0.05) is 0 Å². The van der Waals surface area contributed by atoms with Gasteiger partial charge in [0.05, 0.1) is 0 Å². The zero-order chi connectivity index (χ0) is 14.3. The van der Waals surface area contributed by atoms with Crippen LogP contribution < -0.4 is 11.6 Å². The molecule has 0 aliphatic rings. The van der Waals surface area contributed by atoms with Crippen LogP contribution in [0.2, 0.25) is 0 Å². The number of carboxylic acid groups (broad SMARTS) is 1. The fraction of sp³-hybridized carbons (Fsp3) is 0.385. The van der Waals surface area contributed by atoms with Gasteiger partial charge in [-0.15, -0.1) is 0 Å². The van der Waals surface area contributed by atoms with E-state index in [4.69, 9.17) is 16.7 Å². The number of amides is 2. The molecule has 0 radical (unpaired) electrons. The number of benzene rings is 1. The molecule has 0 saturated heterocycles. The fourth-order valence-electron chi connectivity index (χ4n) is 1.86. The lowest BCUT2D eigenvalue weighted by molar-refractivity contribution is -0.123. The van der Waals surface area contributed by atoms with Gasteiger partial charge in [0.1, 0.15) is 6.04 Å². The Balaban J connectivity index is 2.37. The minimum Gasteiger partial charge on any atom is -0.464 e. The first-order valence-electron chi connectivity index (χ1n) is 6.12. The fourth-order valence-corrected chi connectivity index (χ4v) is 1.86. The lowest BCUT2D eigenvalue weighted by Crippen LogP contribution is -2.51. The molecule has 104 valence electrons. The molecule has 0 bridgehead atoms. The van der Waals surface area contributed by atoms with Crippen molar-refractivity contribution in [1.82, 2.24) is 5.01 Å². The number of nitrogens with zero attached hydrogens (tertiary/aromatic N) is 1. The van der Waals surface area contributed by atoms with Gasteiger partial charge < -0.3 is 10.8 Å². The van der Waals surface area contributed by atoms with E-state index >= 15 is 0 Å². The van der Waals surface area contributed by atoms with Gasteiger partial charge in [-0.05, 0) is 24.8 Å². The van der Waals surface area contributed by atoms with Crippen LogP contribution in [0.25, 0.3) is 0 Å². The van der Waals surface area contributed by atoms with Crippen LogP contribution >= 0.6 is 0 Å². The molecular formula is C13H19N3O3. The number of carbonyl (C=O) groups excluding carboxylic acids is 1. The summed E-state index contributed by atoms with van der Waals surface area (Å²) < 4.78 is 0. The van der Waals surface area contributed by atoms with E-state index in [1.54, 1.807) is 0 Å². The predicted molar refractivity (Wildman–Crippen MR) is 71.0 cm³/mol. The van der Waals surface area contributed by atoms with Crippen molar-refractivity contribution in [3.05, 3.63) is 35.9 Å². The van der Waals surface area contributed by atoms with E-state index in [1.807, 2.05) is 30.3 Å². The first-order valence-corrected chi connectivity index (χ1v) is 6.12. The van der Waals surface area contributed by atoms with Gasteiger partial charge in [-0.25, -0.2) is 15.6 Å². The maximum absolute atomic E-state index is 11.1. The SMILES string of the molecule is NC(=O)C(CCCCc1ccccc1)N(N)C(=O)O. The highest BCUT2D eigenvalue weighted by Gasteiger charge is 2.24. The highest BCUT2D eigenvalue weighted by atomic mass is 16.4. The molecule has 0 aliphatic heterocycles. The molecule has 0 saturated carbocycles. The molecule has 0 aromatic heterocycles. The van der Waals surface area contributed by atoms with E-state index in [9.17, 15) is 9.59 Å². The maximum atomic E-state index is 11.1. The van der Waals surface area contributed by atoms with E-state index in [2.05, 4.69) is 0 Å². The van der Waals surface area contributed by atoms with Gasteiger partial charge in [-0.1, -0.05) is 36.8 Å².